The largest absolute Gasteiger partial charge is 0.450 e. The number of nitrogens with zero attached hydrogens (tertiary/aromatic N) is 4. The molecule has 9 heteroatoms. The molecule has 24 heavy (non-hydrogen) atoms. The molecule has 0 saturated carbocycles. The molecule has 2 rings (SSSR count). The minimum atomic E-state index is -0.337. The average molecular weight is 337 g/mol. The topological polar surface area (TPSA) is 96.9 Å². The molecule has 0 aliphatic carbocycles. The Morgan fingerprint density at radius 1 is 1.17 bits per heavy atom. The Morgan fingerprint density at radius 2 is 1.88 bits per heavy atom. The van der Waals surface area contributed by atoms with Gasteiger partial charge in [-0.05, 0) is 19.1 Å². The second-order valence-corrected chi connectivity index (χ2v) is 5.20. The predicted molar refractivity (Wildman–Crippen MR) is 86.9 cm³/mol. The van der Waals surface area contributed by atoms with Gasteiger partial charge < -0.3 is 24.6 Å². The fourth-order valence-corrected chi connectivity index (χ4v) is 2.29. The van der Waals surface area contributed by atoms with E-state index in [2.05, 4.69) is 15.5 Å². The molecular formula is C15H23N5O4. The predicted octanol–water partition coefficient (Wildman–Crippen LogP) is 0.449. The molecule has 0 unspecified atom stereocenters. The second-order valence-electron chi connectivity index (χ2n) is 5.20. The molecule has 9 nitrogen and oxygen atoms in total. The molecule has 132 valence electrons. The maximum Gasteiger partial charge on any atom is 0.409 e. The molecule has 1 aromatic heterocycles. The Kier molecular flexibility index (Phi) is 6.74. The number of carbonyl (C=O) groups is 2. The third-order valence-electron chi connectivity index (χ3n) is 3.59. The zero-order chi connectivity index (χ0) is 17.4. The van der Waals surface area contributed by atoms with Crippen LogP contribution in [-0.2, 0) is 9.47 Å². The van der Waals surface area contributed by atoms with Crippen LogP contribution in [0.25, 0.3) is 0 Å². The van der Waals surface area contributed by atoms with Gasteiger partial charge in [0.2, 0.25) is 0 Å². The number of piperazine rings is 1. The molecule has 0 spiro atoms. The highest BCUT2D eigenvalue weighted by molar-refractivity contribution is 5.92. The van der Waals surface area contributed by atoms with Gasteiger partial charge in [-0.2, -0.15) is 0 Å². The molecule has 1 saturated heterocycles. The van der Waals surface area contributed by atoms with Crippen LogP contribution in [0, 0.1) is 0 Å². The first-order valence-electron chi connectivity index (χ1n) is 7.93. The van der Waals surface area contributed by atoms with E-state index >= 15 is 0 Å². The molecule has 1 aliphatic heterocycles. The first-order valence-corrected chi connectivity index (χ1v) is 7.93. The normalized spacial score (nSPS) is 14.4. The zero-order valence-corrected chi connectivity index (χ0v) is 14.0. The Hall–Kier alpha value is -2.42. The third kappa shape index (κ3) is 4.79. The van der Waals surface area contributed by atoms with Gasteiger partial charge in [-0.25, -0.2) is 4.79 Å². The van der Waals surface area contributed by atoms with Gasteiger partial charge in [-0.1, -0.05) is 0 Å². The number of anilines is 1. The third-order valence-corrected chi connectivity index (χ3v) is 3.59. The molecule has 1 fully saturated rings. The maximum atomic E-state index is 12.4. The minimum absolute atomic E-state index is 0.186. The number of methoxy groups -OCH3 is 1. The van der Waals surface area contributed by atoms with E-state index in [1.807, 2.05) is 0 Å². The highest BCUT2D eigenvalue weighted by Crippen LogP contribution is 2.09. The molecule has 0 aromatic carbocycles. The van der Waals surface area contributed by atoms with Gasteiger partial charge in [-0.15, -0.1) is 10.2 Å². The molecule has 1 aliphatic rings. The Bertz CT molecular complexity index is 543. The second kappa shape index (κ2) is 9.02. The summed E-state index contributed by atoms with van der Waals surface area (Å²) in [7, 11) is 1.62. The van der Waals surface area contributed by atoms with Crippen molar-refractivity contribution in [1.29, 1.82) is 0 Å². The molecular weight excluding hydrogens is 314 g/mol. The SMILES string of the molecule is CCOC(=O)N1CCN(C(=O)c2ccc(NCCOC)nn2)CC1. The number of hydrogen-bond donors (Lipinski definition) is 1. The summed E-state index contributed by atoms with van der Waals surface area (Å²) < 4.78 is 9.90. The highest BCUT2D eigenvalue weighted by Gasteiger charge is 2.26. The molecule has 0 radical (unpaired) electrons. The Morgan fingerprint density at radius 3 is 2.46 bits per heavy atom. The number of amides is 2. The maximum absolute atomic E-state index is 12.4. The summed E-state index contributed by atoms with van der Waals surface area (Å²) in [5.41, 5.74) is 0.289. The van der Waals surface area contributed by atoms with E-state index in [9.17, 15) is 9.59 Å². The summed E-state index contributed by atoms with van der Waals surface area (Å²) in [4.78, 5) is 27.3. The van der Waals surface area contributed by atoms with Crippen LogP contribution in [0.2, 0.25) is 0 Å². The van der Waals surface area contributed by atoms with E-state index in [0.29, 0.717) is 51.8 Å². The van der Waals surface area contributed by atoms with Gasteiger partial charge in [0.15, 0.2) is 5.69 Å². The number of rotatable bonds is 6. The fraction of sp³-hybridized carbons (Fsp3) is 0.600. The van der Waals surface area contributed by atoms with Gasteiger partial charge in [0, 0.05) is 39.8 Å². The number of carbonyl (C=O) groups excluding carboxylic acids is 2. The van der Waals surface area contributed by atoms with E-state index in [-0.39, 0.29) is 17.7 Å². The average Bonchev–Trinajstić information content (AvgIpc) is 2.62. The van der Waals surface area contributed by atoms with E-state index < -0.39 is 0 Å². The van der Waals surface area contributed by atoms with Crippen LogP contribution >= 0.6 is 0 Å². The van der Waals surface area contributed by atoms with Gasteiger partial charge in [0.25, 0.3) is 5.91 Å². The summed E-state index contributed by atoms with van der Waals surface area (Å²) in [5, 5.41) is 11.0. The van der Waals surface area contributed by atoms with Crippen LogP contribution in [0.15, 0.2) is 12.1 Å². The van der Waals surface area contributed by atoms with Gasteiger partial charge in [0.05, 0.1) is 13.2 Å². The number of hydrogen-bond acceptors (Lipinski definition) is 7. The van der Waals surface area contributed by atoms with Crippen LogP contribution in [-0.4, -0.2) is 85.0 Å². The van der Waals surface area contributed by atoms with Gasteiger partial charge in [0.1, 0.15) is 5.82 Å². The van der Waals surface area contributed by atoms with Crippen molar-refractivity contribution < 1.29 is 19.1 Å². The lowest BCUT2D eigenvalue weighted by molar-refractivity contribution is 0.0565. The van der Waals surface area contributed by atoms with Crippen LogP contribution in [0.4, 0.5) is 10.6 Å². The molecule has 2 heterocycles. The van der Waals surface area contributed by atoms with Crippen LogP contribution in [0.3, 0.4) is 0 Å². The lowest BCUT2D eigenvalue weighted by atomic mass is 10.2. The Balaban J connectivity index is 1.85. The summed E-state index contributed by atoms with van der Waals surface area (Å²) in [6.07, 6.45) is -0.337. The van der Waals surface area contributed by atoms with Crippen molar-refractivity contribution >= 4 is 17.8 Å². The number of ether oxygens (including phenoxy) is 2. The molecule has 1 N–H and O–H groups in total. The first-order chi connectivity index (χ1) is 11.7. The summed E-state index contributed by atoms with van der Waals surface area (Å²) in [5.74, 6) is 0.408. The summed E-state index contributed by atoms with van der Waals surface area (Å²) in [6, 6.07) is 3.35. The molecule has 0 atom stereocenters. The van der Waals surface area contributed by atoms with E-state index in [1.54, 1.807) is 36.0 Å². The van der Waals surface area contributed by atoms with Crippen LogP contribution < -0.4 is 5.32 Å². The zero-order valence-electron chi connectivity index (χ0n) is 14.0. The lowest BCUT2D eigenvalue weighted by Crippen LogP contribution is -2.50. The van der Waals surface area contributed by atoms with E-state index in [4.69, 9.17) is 9.47 Å². The first kappa shape index (κ1) is 17.9. The van der Waals surface area contributed by atoms with Gasteiger partial charge in [-0.3, -0.25) is 4.79 Å². The quantitative estimate of drug-likeness (QED) is 0.753. The summed E-state index contributed by atoms with van der Waals surface area (Å²) >= 11 is 0. The fourth-order valence-electron chi connectivity index (χ4n) is 2.29. The van der Waals surface area contributed by atoms with E-state index in [0.717, 1.165) is 0 Å². The smallest absolute Gasteiger partial charge is 0.409 e. The van der Waals surface area contributed by atoms with Crippen molar-refractivity contribution in [2.45, 2.75) is 6.92 Å². The minimum Gasteiger partial charge on any atom is -0.450 e. The highest BCUT2D eigenvalue weighted by atomic mass is 16.6. The monoisotopic (exact) mass is 337 g/mol. The van der Waals surface area contributed by atoms with Crippen molar-refractivity contribution in [3.63, 3.8) is 0 Å². The number of nitrogens with one attached hydrogen (secondary N) is 1. The van der Waals surface area contributed by atoms with Gasteiger partial charge >= 0.3 is 6.09 Å². The van der Waals surface area contributed by atoms with Crippen molar-refractivity contribution in [3.8, 4) is 0 Å². The summed E-state index contributed by atoms with van der Waals surface area (Å²) in [6.45, 7) is 5.10. The van der Waals surface area contributed by atoms with Crippen molar-refractivity contribution in [2.75, 3.05) is 58.4 Å². The van der Waals surface area contributed by atoms with Crippen molar-refractivity contribution in [3.05, 3.63) is 17.8 Å². The number of aromatic nitrogens is 2. The molecule has 2 amide bonds. The molecule has 0 bridgehead atoms. The van der Waals surface area contributed by atoms with E-state index in [1.165, 1.54) is 0 Å². The van der Waals surface area contributed by atoms with Crippen LogP contribution in [0.1, 0.15) is 17.4 Å². The van der Waals surface area contributed by atoms with Crippen molar-refractivity contribution in [2.24, 2.45) is 0 Å². The van der Waals surface area contributed by atoms with Crippen LogP contribution in [0.5, 0.6) is 0 Å². The molecule has 1 aromatic rings. The standard InChI is InChI=1S/C15H23N5O4/c1-3-24-15(22)20-9-7-19(8-10-20)14(21)12-4-5-13(18-17-12)16-6-11-23-2/h4-5H,3,6-11H2,1-2H3,(H,16,18). The van der Waals surface area contributed by atoms with Crippen molar-refractivity contribution in [1.82, 2.24) is 20.0 Å². The lowest BCUT2D eigenvalue weighted by Gasteiger charge is -2.33. The Labute approximate surface area is 140 Å².